The zero-order chi connectivity index (χ0) is 19.8. The Morgan fingerprint density at radius 1 is 0.862 bits per heavy atom. The molecule has 0 amide bonds. The van der Waals surface area contributed by atoms with Crippen LogP contribution in [0.25, 0.3) is 10.8 Å². The molecule has 0 heterocycles. The van der Waals surface area contributed by atoms with Crippen LogP contribution >= 0.6 is 0 Å². The molecule has 9 nitrogen and oxygen atoms in total. The van der Waals surface area contributed by atoms with Crippen LogP contribution < -0.4 is 64.2 Å². The van der Waals surface area contributed by atoms with Gasteiger partial charge in [-0.05, 0) is 23.6 Å². The molecule has 1 N–H and O–H groups in total. The molecule has 0 unspecified atom stereocenters. The van der Waals surface area contributed by atoms with Gasteiger partial charge in [-0.15, -0.1) is 5.11 Å². The molecule has 3 aromatic carbocycles. The van der Waals surface area contributed by atoms with Gasteiger partial charge in [0.2, 0.25) is 0 Å². The molecule has 0 aliphatic heterocycles. The van der Waals surface area contributed by atoms with E-state index in [9.17, 15) is 31.0 Å². The maximum Gasteiger partial charge on any atom is 1.00 e. The number of rotatable bonds is 4. The zero-order valence-electron chi connectivity index (χ0n) is 15.3. The Labute approximate surface area is 210 Å². The number of benzene rings is 3. The van der Waals surface area contributed by atoms with Crippen molar-refractivity contribution in [2.45, 2.75) is 9.79 Å². The van der Waals surface area contributed by atoms with Crippen molar-refractivity contribution in [1.82, 2.24) is 0 Å². The summed E-state index contributed by atoms with van der Waals surface area (Å²) in [5.41, 5.74) is -0.702. The molecule has 0 fully saturated rings. The average Bonchev–Trinajstić information content (AvgIpc) is 2.59. The summed E-state index contributed by atoms with van der Waals surface area (Å²) in [6.07, 6.45) is 0. The predicted octanol–water partition coefficient (Wildman–Crippen LogP) is -3.51. The first-order valence-electron chi connectivity index (χ1n) is 7.25. The van der Waals surface area contributed by atoms with Crippen LogP contribution in [0.3, 0.4) is 0 Å². The molecule has 13 heteroatoms. The van der Waals surface area contributed by atoms with E-state index in [2.05, 4.69) is 10.2 Å². The summed E-state index contributed by atoms with van der Waals surface area (Å²) in [7, 11) is -9.68. The van der Waals surface area contributed by atoms with Crippen molar-refractivity contribution < 1.29 is 90.2 Å². The van der Waals surface area contributed by atoms with Crippen LogP contribution in [0.1, 0.15) is 0 Å². The third kappa shape index (κ3) is 6.07. The average molecular weight is 452 g/mol. The second kappa shape index (κ2) is 9.96. The summed E-state index contributed by atoms with van der Waals surface area (Å²) in [4.78, 5) is -1.52. The van der Waals surface area contributed by atoms with Crippen LogP contribution in [0.4, 0.5) is 11.4 Å². The molecule has 0 aromatic heterocycles. The number of hydrogen-bond donors (Lipinski definition) is 1. The molecule has 29 heavy (non-hydrogen) atoms. The molecular weight excluding hydrogens is 442 g/mol. The summed E-state index contributed by atoms with van der Waals surface area (Å²) in [6.45, 7) is 0. The van der Waals surface area contributed by atoms with Crippen LogP contribution in [-0.2, 0) is 20.2 Å². The minimum absolute atomic E-state index is 0. The van der Waals surface area contributed by atoms with Crippen molar-refractivity contribution in [1.29, 1.82) is 0 Å². The van der Waals surface area contributed by atoms with Gasteiger partial charge in [0.05, 0.1) is 10.6 Å². The van der Waals surface area contributed by atoms with E-state index in [0.717, 1.165) is 12.1 Å². The Kier molecular flexibility index (Phi) is 8.99. The molecule has 0 saturated heterocycles. The molecular formula is C16H10N2Na2O7S2. The SMILES string of the molecule is O=S(=O)([O-])c1ccc(S(=O)(=O)O)c(N=Nc2c([O-])ccc3ccccc23)c1.[Na+].[Na+]. The Bertz CT molecular complexity index is 1290. The largest absolute Gasteiger partial charge is 1.00 e. The third-order valence-electron chi connectivity index (χ3n) is 3.62. The van der Waals surface area contributed by atoms with Crippen LogP contribution in [0.15, 0.2) is 74.6 Å². The normalized spacial score (nSPS) is 11.8. The quantitative estimate of drug-likeness (QED) is 0.244. The van der Waals surface area contributed by atoms with Crippen molar-refractivity contribution in [3.63, 3.8) is 0 Å². The van der Waals surface area contributed by atoms with Crippen molar-refractivity contribution in [3.05, 3.63) is 54.6 Å². The zero-order valence-corrected chi connectivity index (χ0v) is 20.9. The fraction of sp³-hybridized carbons (Fsp3) is 0. The molecule has 0 bridgehead atoms. The van der Waals surface area contributed by atoms with Gasteiger partial charge in [0.1, 0.15) is 20.7 Å². The van der Waals surface area contributed by atoms with Gasteiger partial charge < -0.3 is 9.66 Å². The molecule has 0 atom stereocenters. The Morgan fingerprint density at radius 2 is 1.52 bits per heavy atom. The van der Waals surface area contributed by atoms with Gasteiger partial charge in [0.25, 0.3) is 10.1 Å². The van der Waals surface area contributed by atoms with E-state index < -0.39 is 41.5 Å². The minimum atomic E-state index is -4.90. The summed E-state index contributed by atoms with van der Waals surface area (Å²) < 4.78 is 65.7. The number of hydrogen-bond acceptors (Lipinski definition) is 8. The van der Waals surface area contributed by atoms with E-state index in [-0.39, 0.29) is 64.8 Å². The van der Waals surface area contributed by atoms with Gasteiger partial charge in [-0.1, -0.05) is 42.1 Å². The minimum Gasteiger partial charge on any atom is -0.871 e. The van der Waals surface area contributed by atoms with E-state index in [0.29, 0.717) is 16.8 Å². The molecule has 0 aliphatic carbocycles. The molecule has 140 valence electrons. The molecule has 0 saturated carbocycles. The maximum atomic E-state index is 12.1. The van der Waals surface area contributed by atoms with Crippen LogP contribution in [0, 0.1) is 0 Å². The second-order valence-corrected chi connectivity index (χ2v) is 8.16. The Hall–Kier alpha value is -0.860. The predicted molar refractivity (Wildman–Crippen MR) is 91.8 cm³/mol. The molecule has 0 spiro atoms. The topological polar surface area (TPSA) is 159 Å². The van der Waals surface area contributed by atoms with Gasteiger partial charge >= 0.3 is 59.1 Å². The monoisotopic (exact) mass is 452 g/mol. The Balaban J connectivity index is 0.00000210. The molecule has 3 aromatic rings. The first-order chi connectivity index (χ1) is 12.6. The van der Waals surface area contributed by atoms with E-state index in [4.69, 9.17) is 0 Å². The van der Waals surface area contributed by atoms with Gasteiger partial charge in [-0.2, -0.15) is 13.5 Å². The van der Waals surface area contributed by atoms with E-state index >= 15 is 0 Å². The van der Waals surface area contributed by atoms with E-state index in [1.54, 1.807) is 30.3 Å². The Morgan fingerprint density at radius 3 is 2.14 bits per heavy atom. The van der Waals surface area contributed by atoms with Crippen LogP contribution in [0.2, 0.25) is 0 Å². The standard InChI is InChI=1S/C16H12N2O7S2.2Na/c19-14-7-5-10-3-1-2-4-12(10)16(14)18-17-13-9-11(26(20,21)22)6-8-15(13)27(23,24)25;;/h1-9,19H,(H,20,21,22)(H,23,24,25);;/q;2*+1/p-2. The number of azo groups is 1. The van der Waals surface area contributed by atoms with Crippen molar-refractivity contribution in [2.24, 2.45) is 10.2 Å². The smallest absolute Gasteiger partial charge is 0.871 e. The van der Waals surface area contributed by atoms with Crippen LogP contribution in [-0.4, -0.2) is 25.9 Å². The number of nitrogens with zero attached hydrogens (tertiary/aromatic N) is 2. The van der Waals surface area contributed by atoms with E-state index in [1.165, 1.54) is 6.07 Å². The van der Waals surface area contributed by atoms with E-state index in [1.807, 2.05) is 0 Å². The molecule has 3 rings (SSSR count). The molecule has 0 radical (unpaired) electrons. The van der Waals surface area contributed by atoms with Crippen LogP contribution in [0.5, 0.6) is 5.75 Å². The van der Waals surface area contributed by atoms with Gasteiger partial charge in [0.15, 0.2) is 0 Å². The van der Waals surface area contributed by atoms with Crippen molar-refractivity contribution >= 4 is 42.4 Å². The summed E-state index contributed by atoms with van der Waals surface area (Å²) in [5.74, 6) is -0.501. The number of fused-ring (bicyclic) bond motifs is 1. The van der Waals surface area contributed by atoms with Crippen molar-refractivity contribution in [2.75, 3.05) is 0 Å². The fourth-order valence-electron chi connectivity index (χ4n) is 2.39. The van der Waals surface area contributed by atoms with Gasteiger partial charge in [-0.3, -0.25) is 4.55 Å². The first-order valence-corrected chi connectivity index (χ1v) is 10.1. The maximum absolute atomic E-state index is 12.1. The summed E-state index contributed by atoms with van der Waals surface area (Å²) in [6, 6.07) is 11.7. The van der Waals surface area contributed by atoms with Gasteiger partial charge in [-0.25, -0.2) is 8.42 Å². The second-order valence-electron chi connectivity index (χ2n) is 5.39. The fourth-order valence-corrected chi connectivity index (χ4v) is 3.49. The summed E-state index contributed by atoms with van der Waals surface area (Å²) >= 11 is 0. The van der Waals surface area contributed by atoms with Gasteiger partial charge in [0, 0.05) is 5.39 Å². The third-order valence-corrected chi connectivity index (χ3v) is 5.35. The molecule has 0 aliphatic rings. The first kappa shape index (κ1) is 26.2. The summed E-state index contributed by atoms with van der Waals surface area (Å²) in [5, 5.41) is 20.6. The van der Waals surface area contributed by atoms with Crippen molar-refractivity contribution in [3.8, 4) is 5.75 Å².